The Bertz CT molecular complexity index is 1770. The number of hydrogen-bond acceptors (Lipinski definition) is 2. The highest BCUT2D eigenvalue weighted by atomic mass is 16.5. The van der Waals surface area contributed by atoms with Gasteiger partial charge in [0.15, 0.2) is 0 Å². The molecule has 6 aromatic rings. The summed E-state index contributed by atoms with van der Waals surface area (Å²) in [4.78, 5) is 0. The summed E-state index contributed by atoms with van der Waals surface area (Å²) in [6.07, 6.45) is 0. The molecule has 0 saturated carbocycles. The second-order valence-electron chi connectivity index (χ2n) is 11.4. The lowest BCUT2D eigenvalue weighted by Gasteiger charge is -2.37. The molecule has 6 aromatic carbocycles. The zero-order valence-corrected chi connectivity index (χ0v) is 23.0. The lowest BCUT2D eigenvalue weighted by Crippen LogP contribution is -2.49. The first-order valence-corrected chi connectivity index (χ1v) is 13.6. The molecule has 0 aliphatic rings. The summed E-state index contributed by atoms with van der Waals surface area (Å²) in [5.74, 6) is 0. The van der Waals surface area contributed by atoms with Gasteiger partial charge in [-0.3, -0.25) is 0 Å². The predicted molar refractivity (Wildman–Crippen MR) is 168 cm³/mol. The highest BCUT2D eigenvalue weighted by Crippen LogP contribution is 2.44. The minimum Gasteiger partial charge on any atom is -0.427 e. The number of benzene rings is 6. The normalized spacial score (nSPS) is 12.3. The van der Waals surface area contributed by atoms with E-state index < -0.39 is 11.2 Å². The van der Waals surface area contributed by atoms with E-state index in [1.54, 1.807) is 13.8 Å². The van der Waals surface area contributed by atoms with Crippen LogP contribution in [0.2, 0.25) is 0 Å². The third-order valence-corrected chi connectivity index (χ3v) is 8.28. The largest absolute Gasteiger partial charge is 0.427 e. The van der Waals surface area contributed by atoms with Crippen LogP contribution in [-0.4, -0.2) is 23.8 Å². The average Bonchev–Trinajstić information content (AvgIpc) is 2.94. The van der Waals surface area contributed by atoms with Crippen molar-refractivity contribution in [1.29, 1.82) is 0 Å². The first kappa shape index (κ1) is 25.4. The molecular formula is C36H33BO2. The lowest BCUT2D eigenvalue weighted by molar-refractivity contribution is -0.0893. The van der Waals surface area contributed by atoms with Crippen molar-refractivity contribution >= 4 is 45.3 Å². The van der Waals surface area contributed by atoms with Crippen molar-refractivity contribution in [3.63, 3.8) is 0 Å². The van der Waals surface area contributed by atoms with Gasteiger partial charge < -0.3 is 9.76 Å². The van der Waals surface area contributed by atoms with Crippen LogP contribution in [0.4, 0.5) is 0 Å². The Hall–Kier alpha value is -3.92. The maximum Gasteiger partial charge on any atom is 0.309 e. The van der Waals surface area contributed by atoms with E-state index in [0.29, 0.717) is 7.48 Å². The Kier molecular flexibility index (Phi) is 6.30. The summed E-state index contributed by atoms with van der Waals surface area (Å²) in [6.45, 7) is 7.45. The number of rotatable bonds is 6. The Morgan fingerprint density at radius 2 is 1.08 bits per heavy atom. The average molecular weight is 508 g/mol. The molecular weight excluding hydrogens is 475 g/mol. The van der Waals surface area contributed by atoms with E-state index in [0.717, 1.165) is 11.0 Å². The summed E-state index contributed by atoms with van der Waals surface area (Å²) in [5, 5.41) is 18.0. The highest BCUT2D eigenvalue weighted by Gasteiger charge is 2.35. The van der Waals surface area contributed by atoms with Gasteiger partial charge in [-0.15, -0.1) is 0 Å². The van der Waals surface area contributed by atoms with Crippen LogP contribution < -0.4 is 5.46 Å². The van der Waals surface area contributed by atoms with E-state index >= 15 is 0 Å². The van der Waals surface area contributed by atoms with Gasteiger partial charge in [0.25, 0.3) is 0 Å². The van der Waals surface area contributed by atoms with Gasteiger partial charge in [-0.2, -0.15) is 0 Å². The molecule has 39 heavy (non-hydrogen) atoms. The van der Waals surface area contributed by atoms with E-state index in [4.69, 9.17) is 4.65 Å². The molecule has 0 fully saturated rings. The fraction of sp³-hybridized carbons (Fsp3) is 0.167. The number of fused-ring (bicyclic) bond motifs is 3. The van der Waals surface area contributed by atoms with Crippen LogP contribution in [0.5, 0.6) is 0 Å². The summed E-state index contributed by atoms with van der Waals surface area (Å²) < 4.78 is 6.21. The molecule has 0 saturated heterocycles. The number of aliphatic hydroxyl groups is 1. The van der Waals surface area contributed by atoms with Gasteiger partial charge in [0.05, 0.1) is 11.2 Å². The molecule has 0 unspecified atom stereocenters. The summed E-state index contributed by atoms with van der Waals surface area (Å²) >= 11 is 0. The van der Waals surface area contributed by atoms with Crippen LogP contribution in [0, 0.1) is 0 Å². The molecule has 0 spiro atoms. The molecule has 1 N–H and O–H groups in total. The van der Waals surface area contributed by atoms with Crippen molar-refractivity contribution in [2.24, 2.45) is 0 Å². The Balaban J connectivity index is 1.58. The maximum atomic E-state index is 10.6. The van der Waals surface area contributed by atoms with Gasteiger partial charge in [-0.1, -0.05) is 121 Å². The van der Waals surface area contributed by atoms with E-state index in [1.165, 1.54) is 49.0 Å². The lowest BCUT2D eigenvalue weighted by atomic mass is 9.80. The smallest absolute Gasteiger partial charge is 0.309 e. The Morgan fingerprint density at radius 3 is 1.69 bits per heavy atom. The molecule has 0 aromatic heterocycles. The van der Waals surface area contributed by atoms with E-state index in [2.05, 4.69) is 115 Å². The van der Waals surface area contributed by atoms with Crippen molar-refractivity contribution < 1.29 is 9.76 Å². The zero-order chi connectivity index (χ0) is 27.2. The predicted octanol–water partition coefficient (Wildman–Crippen LogP) is 8.02. The monoisotopic (exact) mass is 508 g/mol. The minimum atomic E-state index is -0.950. The molecule has 192 valence electrons. The van der Waals surface area contributed by atoms with Gasteiger partial charge >= 0.3 is 7.48 Å². The third-order valence-electron chi connectivity index (χ3n) is 8.28. The SMILES string of the molecule is CC(C)(O)C(C)(C)OBc1cccc(-c2c3ccccc3c(-c3cccc4ccccc34)c3ccccc23)c1. The fourth-order valence-electron chi connectivity index (χ4n) is 5.43. The molecule has 0 radical (unpaired) electrons. The highest BCUT2D eigenvalue weighted by molar-refractivity contribution is 6.47. The molecule has 0 heterocycles. The van der Waals surface area contributed by atoms with Gasteiger partial charge in [0, 0.05) is 0 Å². The molecule has 2 nitrogen and oxygen atoms in total. The molecule has 0 amide bonds. The summed E-state index contributed by atoms with van der Waals surface area (Å²) in [5.41, 5.74) is 4.37. The van der Waals surface area contributed by atoms with Crippen molar-refractivity contribution in [3.05, 3.63) is 115 Å². The fourth-order valence-corrected chi connectivity index (χ4v) is 5.43. The summed E-state index contributed by atoms with van der Waals surface area (Å²) in [6, 6.07) is 41.4. The molecule has 3 heteroatoms. The van der Waals surface area contributed by atoms with E-state index in [-0.39, 0.29) is 0 Å². The standard InChI is InChI=1S/C36H33BO2/c1-35(2,38)36(3,4)39-37-26-16-11-15-25(23-26)33-29-18-7-9-20-31(29)34(32-21-10-8-19-30(32)33)28-22-12-14-24-13-5-6-17-27(24)28/h5-23,37-38H,1-4H3. The van der Waals surface area contributed by atoms with Crippen LogP contribution >= 0.6 is 0 Å². The van der Waals surface area contributed by atoms with Crippen LogP contribution in [0.25, 0.3) is 54.6 Å². The summed E-state index contributed by atoms with van der Waals surface area (Å²) in [7, 11) is 0.425. The topological polar surface area (TPSA) is 29.5 Å². The second kappa shape index (κ2) is 9.68. The van der Waals surface area contributed by atoms with Crippen molar-refractivity contribution in [2.45, 2.75) is 38.9 Å². The van der Waals surface area contributed by atoms with E-state index in [1.807, 2.05) is 13.8 Å². The molecule has 0 aliphatic heterocycles. The van der Waals surface area contributed by atoms with Gasteiger partial charge in [0.1, 0.15) is 0 Å². The minimum absolute atomic E-state index is 0.425. The quantitative estimate of drug-likeness (QED) is 0.182. The van der Waals surface area contributed by atoms with Crippen molar-refractivity contribution in [1.82, 2.24) is 0 Å². The molecule has 0 bridgehead atoms. The molecule has 0 atom stereocenters. The van der Waals surface area contributed by atoms with Crippen LogP contribution in [0.15, 0.2) is 115 Å². The van der Waals surface area contributed by atoms with Gasteiger partial charge in [-0.25, -0.2) is 0 Å². The molecule has 0 aliphatic carbocycles. The molecule has 6 rings (SSSR count). The van der Waals surface area contributed by atoms with Gasteiger partial charge in [0.2, 0.25) is 0 Å². The zero-order valence-electron chi connectivity index (χ0n) is 23.0. The van der Waals surface area contributed by atoms with Crippen LogP contribution in [0.1, 0.15) is 27.7 Å². The first-order chi connectivity index (χ1) is 18.7. The number of hydrogen-bond donors (Lipinski definition) is 1. The van der Waals surface area contributed by atoms with Crippen molar-refractivity contribution in [2.75, 3.05) is 0 Å². The maximum absolute atomic E-state index is 10.6. The van der Waals surface area contributed by atoms with Crippen LogP contribution in [0.3, 0.4) is 0 Å². The van der Waals surface area contributed by atoms with Crippen molar-refractivity contribution in [3.8, 4) is 22.3 Å². The third kappa shape index (κ3) is 4.52. The Labute approximate surface area is 231 Å². The first-order valence-electron chi connectivity index (χ1n) is 13.6. The van der Waals surface area contributed by atoms with Gasteiger partial charge in [-0.05, 0) is 82.3 Å². The van der Waals surface area contributed by atoms with E-state index in [9.17, 15) is 5.11 Å². The Morgan fingerprint density at radius 1 is 0.564 bits per heavy atom. The second-order valence-corrected chi connectivity index (χ2v) is 11.4. The van der Waals surface area contributed by atoms with Crippen LogP contribution in [-0.2, 0) is 4.65 Å².